The van der Waals surface area contributed by atoms with Gasteiger partial charge in [-0.25, -0.2) is 0 Å². The zero-order valence-corrected chi connectivity index (χ0v) is 27.0. The summed E-state index contributed by atoms with van der Waals surface area (Å²) in [5.41, 5.74) is -1.52. The molecule has 2 N–H and O–H groups in total. The average molecular weight is 615 g/mol. The minimum absolute atomic E-state index is 0.380. The molecule has 0 aromatic heterocycles. The summed E-state index contributed by atoms with van der Waals surface area (Å²) in [6, 6.07) is 34.2. The van der Waals surface area contributed by atoms with Gasteiger partial charge in [-0.05, 0) is 40.7 Å². The maximum Gasteiger partial charge on any atom is 0.261 e. The Kier molecular flexibility index (Phi) is 8.21. The lowest BCUT2D eigenvalue weighted by Crippen LogP contribution is -2.72. The van der Waals surface area contributed by atoms with Crippen LogP contribution in [0.5, 0.6) is 5.75 Å². The standard InChI is InChI=1S/C36H42O7Si/c1-34(2,3)44(26-17-8-6-9-18-26,27-19-10-7-11-20-27)43-30(23-37)36(24-38)32(31-33(42-36)41-35(4,5)40-31)39-29-22-14-16-25-15-12-13-21-28(25)29/h6-22,30-33,37-38H,23-24H2,1-5H3/t30-,31-,32+,33+,36-/m1/s1. The third-order valence-electron chi connectivity index (χ3n) is 8.90. The average Bonchev–Trinajstić information content (AvgIpc) is 3.47. The first-order valence-electron chi connectivity index (χ1n) is 15.2. The molecule has 2 heterocycles. The fraction of sp³-hybridized carbons (Fsp3) is 0.389. The molecule has 8 heteroatoms. The van der Waals surface area contributed by atoms with Crippen LogP contribution in [0.15, 0.2) is 103 Å². The predicted octanol–water partition coefficient (Wildman–Crippen LogP) is 4.76. The first-order chi connectivity index (χ1) is 21.0. The van der Waals surface area contributed by atoms with Crippen molar-refractivity contribution in [1.82, 2.24) is 0 Å². The number of fused-ring (bicyclic) bond motifs is 2. The van der Waals surface area contributed by atoms with Crippen LogP contribution in [0, 0.1) is 0 Å². The Hall–Kier alpha value is -3.08. The van der Waals surface area contributed by atoms with Gasteiger partial charge < -0.3 is 33.6 Å². The summed E-state index contributed by atoms with van der Waals surface area (Å²) in [7, 11) is -3.18. The third kappa shape index (κ3) is 5.18. The Morgan fingerprint density at radius 1 is 0.773 bits per heavy atom. The summed E-state index contributed by atoms with van der Waals surface area (Å²) in [4.78, 5) is 0. The molecule has 0 unspecified atom stereocenters. The van der Waals surface area contributed by atoms with Gasteiger partial charge in [0.25, 0.3) is 8.32 Å². The van der Waals surface area contributed by atoms with Crippen molar-refractivity contribution in [2.45, 2.75) is 75.6 Å². The Morgan fingerprint density at radius 3 is 1.95 bits per heavy atom. The van der Waals surface area contributed by atoms with Crippen molar-refractivity contribution in [2.75, 3.05) is 13.2 Å². The third-order valence-corrected chi connectivity index (χ3v) is 13.9. The molecule has 2 aliphatic rings. The van der Waals surface area contributed by atoms with Gasteiger partial charge in [-0.15, -0.1) is 0 Å². The largest absolute Gasteiger partial charge is 0.484 e. The SMILES string of the molecule is CC1(C)O[C@H]2O[C@](CO)([C@@H](CO)O[Si](c3ccccc3)(c3ccccc3)C(C)(C)C)[C@@H](Oc3cccc4ccccc34)[C@H]2O1. The topological polar surface area (TPSA) is 86.6 Å². The lowest BCUT2D eigenvalue weighted by atomic mass is 9.90. The van der Waals surface area contributed by atoms with E-state index >= 15 is 0 Å². The van der Waals surface area contributed by atoms with E-state index in [2.05, 4.69) is 45.0 Å². The van der Waals surface area contributed by atoms with Gasteiger partial charge in [0.05, 0.1) is 13.2 Å². The van der Waals surface area contributed by atoms with Crippen LogP contribution in [0.4, 0.5) is 0 Å². The highest BCUT2D eigenvalue weighted by atomic mass is 28.4. The Bertz CT molecular complexity index is 1530. The summed E-state index contributed by atoms with van der Waals surface area (Å²) in [5.74, 6) is -0.309. The van der Waals surface area contributed by atoms with Crippen molar-refractivity contribution in [3.63, 3.8) is 0 Å². The molecule has 0 aliphatic carbocycles. The summed E-state index contributed by atoms with van der Waals surface area (Å²) >= 11 is 0. The number of aliphatic hydroxyl groups excluding tert-OH is 2. The van der Waals surface area contributed by atoms with Crippen LogP contribution in [0.1, 0.15) is 34.6 Å². The van der Waals surface area contributed by atoms with E-state index in [4.69, 9.17) is 23.4 Å². The molecule has 6 rings (SSSR count). The fourth-order valence-electron chi connectivity index (χ4n) is 6.90. The van der Waals surface area contributed by atoms with Crippen molar-refractivity contribution >= 4 is 29.5 Å². The number of aliphatic hydroxyl groups is 2. The number of hydrogen-bond donors (Lipinski definition) is 2. The van der Waals surface area contributed by atoms with Crippen LogP contribution >= 0.6 is 0 Å². The van der Waals surface area contributed by atoms with Crippen LogP contribution < -0.4 is 15.1 Å². The molecule has 0 bridgehead atoms. The van der Waals surface area contributed by atoms with Crippen molar-refractivity contribution in [1.29, 1.82) is 0 Å². The van der Waals surface area contributed by atoms with Crippen molar-refractivity contribution < 1.29 is 33.6 Å². The van der Waals surface area contributed by atoms with E-state index in [1.807, 2.05) is 92.7 Å². The van der Waals surface area contributed by atoms with Crippen LogP contribution in [0.25, 0.3) is 10.8 Å². The summed E-state index contributed by atoms with van der Waals surface area (Å²) in [6.45, 7) is 9.24. The smallest absolute Gasteiger partial charge is 0.261 e. The molecule has 2 saturated heterocycles. The molecule has 0 spiro atoms. The van der Waals surface area contributed by atoms with Gasteiger partial charge in [0.1, 0.15) is 11.9 Å². The van der Waals surface area contributed by atoms with E-state index in [-0.39, 0.29) is 5.04 Å². The van der Waals surface area contributed by atoms with Gasteiger partial charge in [0, 0.05) is 5.39 Å². The molecular formula is C36H42O7Si. The van der Waals surface area contributed by atoms with E-state index in [0.717, 1.165) is 21.1 Å². The lowest BCUT2D eigenvalue weighted by molar-refractivity contribution is -0.263. The van der Waals surface area contributed by atoms with Crippen LogP contribution in [-0.2, 0) is 18.6 Å². The molecule has 232 valence electrons. The lowest BCUT2D eigenvalue weighted by Gasteiger charge is -2.49. The minimum atomic E-state index is -3.18. The molecule has 2 fully saturated rings. The van der Waals surface area contributed by atoms with Gasteiger partial charge in [-0.2, -0.15) is 0 Å². The van der Waals surface area contributed by atoms with E-state index in [0.29, 0.717) is 5.75 Å². The van der Waals surface area contributed by atoms with E-state index in [9.17, 15) is 10.2 Å². The summed E-state index contributed by atoms with van der Waals surface area (Å²) in [6.07, 6.45) is -3.40. The molecule has 0 amide bonds. The Balaban J connectivity index is 1.50. The molecular weight excluding hydrogens is 572 g/mol. The van der Waals surface area contributed by atoms with Gasteiger partial charge in [-0.3, -0.25) is 0 Å². The van der Waals surface area contributed by atoms with E-state index < -0.39 is 57.5 Å². The zero-order chi connectivity index (χ0) is 31.2. The zero-order valence-electron chi connectivity index (χ0n) is 26.0. The number of ether oxygens (including phenoxy) is 4. The molecule has 0 saturated carbocycles. The molecule has 0 radical (unpaired) electrons. The molecule has 2 aliphatic heterocycles. The minimum Gasteiger partial charge on any atom is -0.484 e. The van der Waals surface area contributed by atoms with Crippen molar-refractivity contribution in [3.8, 4) is 5.75 Å². The highest BCUT2D eigenvalue weighted by molar-refractivity contribution is 6.99. The van der Waals surface area contributed by atoms with Crippen molar-refractivity contribution in [2.24, 2.45) is 0 Å². The van der Waals surface area contributed by atoms with E-state index in [1.54, 1.807) is 0 Å². The first kappa shape index (κ1) is 30.9. The highest BCUT2D eigenvalue weighted by Crippen LogP contribution is 2.48. The molecule has 5 atom stereocenters. The first-order valence-corrected chi connectivity index (χ1v) is 17.1. The number of benzene rings is 4. The second-order valence-corrected chi connectivity index (χ2v) is 17.4. The predicted molar refractivity (Wildman–Crippen MR) is 173 cm³/mol. The normalized spacial score (nSPS) is 25.6. The monoisotopic (exact) mass is 614 g/mol. The van der Waals surface area contributed by atoms with Crippen LogP contribution in [-0.4, -0.2) is 67.7 Å². The number of rotatable bonds is 9. The summed E-state index contributed by atoms with van der Waals surface area (Å²) < 4.78 is 33.4. The second kappa shape index (κ2) is 11.7. The van der Waals surface area contributed by atoms with Gasteiger partial charge in [-0.1, -0.05) is 118 Å². The Morgan fingerprint density at radius 2 is 1.36 bits per heavy atom. The number of hydrogen-bond acceptors (Lipinski definition) is 7. The van der Waals surface area contributed by atoms with E-state index in [1.165, 1.54) is 0 Å². The quantitative estimate of drug-likeness (QED) is 0.263. The van der Waals surface area contributed by atoms with Crippen molar-refractivity contribution in [3.05, 3.63) is 103 Å². The van der Waals surface area contributed by atoms with Gasteiger partial charge >= 0.3 is 0 Å². The molecule has 44 heavy (non-hydrogen) atoms. The van der Waals surface area contributed by atoms with Crippen LogP contribution in [0.3, 0.4) is 0 Å². The molecule has 4 aromatic carbocycles. The highest BCUT2D eigenvalue weighted by Gasteiger charge is 2.68. The fourth-order valence-corrected chi connectivity index (χ4v) is 11.6. The van der Waals surface area contributed by atoms with Gasteiger partial charge in [0.15, 0.2) is 29.9 Å². The second-order valence-electron chi connectivity index (χ2n) is 13.2. The molecule has 4 aromatic rings. The van der Waals surface area contributed by atoms with Crippen LogP contribution in [0.2, 0.25) is 5.04 Å². The Labute approximate surface area is 260 Å². The maximum atomic E-state index is 11.3. The maximum absolute atomic E-state index is 11.3. The summed E-state index contributed by atoms with van der Waals surface area (Å²) in [5, 5.41) is 26.1. The molecule has 7 nitrogen and oxygen atoms in total. The van der Waals surface area contributed by atoms with Gasteiger partial charge in [0.2, 0.25) is 0 Å².